The fraction of sp³-hybridized carbons (Fsp3) is 0.619. The van der Waals surface area contributed by atoms with Crippen LogP contribution in [0.1, 0.15) is 48.0 Å². The number of aryl methyl sites for hydroxylation is 1. The van der Waals surface area contributed by atoms with E-state index < -0.39 is 0 Å². The van der Waals surface area contributed by atoms with Gasteiger partial charge in [0.15, 0.2) is 0 Å². The Hall–Kier alpha value is -1.88. The highest BCUT2D eigenvalue weighted by Gasteiger charge is 2.27. The molecule has 1 unspecified atom stereocenters. The Balaban J connectivity index is 1.36. The maximum Gasteiger partial charge on any atom is 0.253 e. The molecule has 2 aliphatic heterocycles. The molecule has 1 atom stereocenters. The summed E-state index contributed by atoms with van der Waals surface area (Å²) in [7, 11) is 0. The quantitative estimate of drug-likeness (QED) is 0.796. The molecule has 0 aromatic heterocycles. The molecule has 1 aromatic carbocycles. The minimum atomic E-state index is 0.0341. The lowest BCUT2D eigenvalue weighted by atomic mass is 9.95. The van der Waals surface area contributed by atoms with Crippen LogP contribution in [0.15, 0.2) is 24.3 Å². The minimum Gasteiger partial charge on any atom is -0.381 e. The molecule has 2 heterocycles. The van der Waals surface area contributed by atoms with Crippen molar-refractivity contribution < 1.29 is 14.3 Å². The Labute approximate surface area is 156 Å². The van der Waals surface area contributed by atoms with Crippen molar-refractivity contribution in [2.45, 2.75) is 39.0 Å². The van der Waals surface area contributed by atoms with E-state index in [9.17, 15) is 9.59 Å². The predicted octanol–water partition coefficient (Wildman–Crippen LogP) is 2.78. The topological polar surface area (TPSA) is 58.6 Å². The van der Waals surface area contributed by atoms with Crippen LogP contribution in [-0.2, 0) is 9.53 Å². The number of likely N-dealkylation sites (tertiary alicyclic amines) is 1. The largest absolute Gasteiger partial charge is 0.381 e. The van der Waals surface area contributed by atoms with E-state index in [1.807, 2.05) is 36.1 Å². The monoisotopic (exact) mass is 358 g/mol. The van der Waals surface area contributed by atoms with E-state index in [-0.39, 0.29) is 17.7 Å². The van der Waals surface area contributed by atoms with Gasteiger partial charge in [-0.1, -0.05) is 17.7 Å². The molecule has 5 heteroatoms. The van der Waals surface area contributed by atoms with Crippen LogP contribution in [0, 0.1) is 18.8 Å². The van der Waals surface area contributed by atoms with Crippen LogP contribution in [-0.4, -0.2) is 49.6 Å². The Morgan fingerprint density at radius 1 is 1.15 bits per heavy atom. The van der Waals surface area contributed by atoms with Gasteiger partial charge in [0.05, 0.1) is 0 Å². The Kier molecular flexibility index (Phi) is 6.67. The zero-order valence-corrected chi connectivity index (χ0v) is 15.7. The molecule has 2 fully saturated rings. The molecular weight excluding hydrogens is 328 g/mol. The molecule has 2 saturated heterocycles. The summed E-state index contributed by atoms with van der Waals surface area (Å²) in [5.41, 5.74) is 1.88. The van der Waals surface area contributed by atoms with Gasteiger partial charge in [-0.15, -0.1) is 0 Å². The summed E-state index contributed by atoms with van der Waals surface area (Å²) in [6, 6.07) is 7.69. The Morgan fingerprint density at radius 3 is 2.54 bits per heavy atom. The van der Waals surface area contributed by atoms with E-state index in [1.54, 1.807) is 0 Å². The molecule has 0 bridgehead atoms. The number of amides is 2. The standard InChI is InChI=1S/C21H30N2O3/c1-16-4-6-19(7-5-16)21(25)23-12-8-18(9-13-23)20(24)22-11-2-3-17-10-14-26-15-17/h4-7,17-18H,2-3,8-15H2,1H3,(H,22,24). The third-order valence-corrected chi connectivity index (χ3v) is 5.56. The maximum atomic E-state index is 12.5. The number of rotatable bonds is 6. The molecule has 3 rings (SSSR count). The fourth-order valence-electron chi connectivity index (χ4n) is 3.78. The number of hydrogen-bond donors (Lipinski definition) is 1. The van der Waals surface area contributed by atoms with E-state index in [0.29, 0.717) is 19.0 Å². The molecule has 0 saturated carbocycles. The summed E-state index contributed by atoms with van der Waals surface area (Å²) < 4.78 is 5.38. The van der Waals surface area contributed by atoms with E-state index >= 15 is 0 Å². The average molecular weight is 358 g/mol. The zero-order chi connectivity index (χ0) is 18.4. The van der Waals surface area contributed by atoms with Crippen molar-refractivity contribution in [3.8, 4) is 0 Å². The molecule has 0 radical (unpaired) electrons. The van der Waals surface area contributed by atoms with Gasteiger partial charge < -0.3 is 15.0 Å². The molecule has 1 aromatic rings. The van der Waals surface area contributed by atoms with Crippen molar-refractivity contribution in [3.05, 3.63) is 35.4 Å². The van der Waals surface area contributed by atoms with Gasteiger partial charge in [0.2, 0.25) is 5.91 Å². The van der Waals surface area contributed by atoms with E-state index in [1.165, 1.54) is 0 Å². The van der Waals surface area contributed by atoms with Gasteiger partial charge >= 0.3 is 0 Å². The molecule has 5 nitrogen and oxygen atoms in total. The number of nitrogens with zero attached hydrogens (tertiary/aromatic N) is 1. The van der Waals surface area contributed by atoms with Crippen LogP contribution < -0.4 is 5.32 Å². The molecule has 0 aliphatic carbocycles. The molecule has 2 aliphatic rings. The van der Waals surface area contributed by atoms with Crippen LogP contribution in [0.2, 0.25) is 0 Å². The van der Waals surface area contributed by atoms with E-state index in [2.05, 4.69) is 5.32 Å². The van der Waals surface area contributed by atoms with E-state index in [0.717, 1.165) is 63.0 Å². The molecule has 142 valence electrons. The van der Waals surface area contributed by atoms with Crippen LogP contribution in [0.4, 0.5) is 0 Å². The molecule has 2 amide bonds. The highest BCUT2D eigenvalue weighted by atomic mass is 16.5. The van der Waals surface area contributed by atoms with Gasteiger partial charge in [0.1, 0.15) is 0 Å². The third kappa shape index (κ3) is 5.07. The van der Waals surface area contributed by atoms with Crippen molar-refractivity contribution in [2.24, 2.45) is 11.8 Å². The molecule has 1 N–H and O–H groups in total. The van der Waals surface area contributed by atoms with Crippen LogP contribution in [0.5, 0.6) is 0 Å². The predicted molar refractivity (Wildman–Crippen MR) is 101 cm³/mol. The zero-order valence-electron chi connectivity index (χ0n) is 15.7. The van der Waals surface area contributed by atoms with Crippen molar-refractivity contribution in [1.29, 1.82) is 0 Å². The lowest BCUT2D eigenvalue weighted by Crippen LogP contribution is -2.43. The second-order valence-electron chi connectivity index (χ2n) is 7.60. The van der Waals surface area contributed by atoms with Crippen molar-refractivity contribution in [1.82, 2.24) is 10.2 Å². The minimum absolute atomic E-state index is 0.0341. The second-order valence-corrected chi connectivity index (χ2v) is 7.60. The normalized spacial score (nSPS) is 21.0. The van der Waals surface area contributed by atoms with Gasteiger partial charge in [-0.05, 0) is 57.1 Å². The number of carbonyl (C=O) groups is 2. The smallest absolute Gasteiger partial charge is 0.253 e. The first kappa shape index (κ1) is 18.9. The number of piperidine rings is 1. The summed E-state index contributed by atoms with van der Waals surface area (Å²) in [5.74, 6) is 0.924. The molecule has 26 heavy (non-hydrogen) atoms. The van der Waals surface area contributed by atoms with Crippen LogP contribution >= 0.6 is 0 Å². The number of nitrogens with one attached hydrogen (secondary N) is 1. The number of benzene rings is 1. The second kappa shape index (κ2) is 9.17. The van der Waals surface area contributed by atoms with Crippen molar-refractivity contribution in [3.63, 3.8) is 0 Å². The van der Waals surface area contributed by atoms with Gasteiger partial charge in [0.25, 0.3) is 5.91 Å². The van der Waals surface area contributed by atoms with E-state index in [4.69, 9.17) is 4.74 Å². The first-order valence-corrected chi connectivity index (χ1v) is 9.85. The Morgan fingerprint density at radius 2 is 1.88 bits per heavy atom. The first-order valence-electron chi connectivity index (χ1n) is 9.85. The summed E-state index contributed by atoms with van der Waals surface area (Å²) in [4.78, 5) is 26.7. The van der Waals surface area contributed by atoms with Crippen molar-refractivity contribution >= 4 is 11.8 Å². The van der Waals surface area contributed by atoms with Gasteiger partial charge in [-0.25, -0.2) is 0 Å². The third-order valence-electron chi connectivity index (χ3n) is 5.56. The lowest BCUT2D eigenvalue weighted by Gasteiger charge is -2.31. The van der Waals surface area contributed by atoms with Gasteiger partial charge in [-0.2, -0.15) is 0 Å². The van der Waals surface area contributed by atoms with Gasteiger partial charge in [0, 0.05) is 44.3 Å². The van der Waals surface area contributed by atoms with Crippen molar-refractivity contribution in [2.75, 3.05) is 32.8 Å². The highest BCUT2D eigenvalue weighted by molar-refractivity contribution is 5.94. The van der Waals surface area contributed by atoms with Crippen LogP contribution in [0.25, 0.3) is 0 Å². The maximum absolute atomic E-state index is 12.5. The number of carbonyl (C=O) groups excluding carboxylic acids is 2. The molecule has 0 spiro atoms. The van der Waals surface area contributed by atoms with Crippen LogP contribution in [0.3, 0.4) is 0 Å². The summed E-state index contributed by atoms with van der Waals surface area (Å²) in [5, 5.41) is 3.08. The number of hydrogen-bond acceptors (Lipinski definition) is 3. The molecular formula is C21H30N2O3. The highest BCUT2D eigenvalue weighted by Crippen LogP contribution is 2.20. The summed E-state index contributed by atoms with van der Waals surface area (Å²) in [6.45, 7) is 5.84. The summed E-state index contributed by atoms with van der Waals surface area (Å²) in [6.07, 6.45) is 4.80. The van der Waals surface area contributed by atoms with Gasteiger partial charge in [-0.3, -0.25) is 9.59 Å². The average Bonchev–Trinajstić information content (AvgIpc) is 3.19. The SMILES string of the molecule is Cc1ccc(C(=O)N2CCC(C(=O)NCCCC3CCOC3)CC2)cc1. The lowest BCUT2D eigenvalue weighted by molar-refractivity contribution is -0.126. The summed E-state index contributed by atoms with van der Waals surface area (Å²) >= 11 is 0. The Bertz CT molecular complexity index is 600. The first-order chi connectivity index (χ1) is 12.6. The fourth-order valence-corrected chi connectivity index (χ4v) is 3.78. The number of ether oxygens (including phenoxy) is 1.